The van der Waals surface area contributed by atoms with Crippen LogP contribution in [0.2, 0.25) is 0 Å². The fourth-order valence-corrected chi connectivity index (χ4v) is 3.00. The van der Waals surface area contributed by atoms with Gasteiger partial charge in [0, 0.05) is 30.0 Å². The predicted molar refractivity (Wildman–Crippen MR) is 73.5 cm³/mol. The lowest BCUT2D eigenvalue weighted by molar-refractivity contribution is 0.386. The average Bonchev–Trinajstić information content (AvgIpc) is 2.66. The van der Waals surface area contributed by atoms with Gasteiger partial charge in [-0.3, -0.25) is 0 Å². The summed E-state index contributed by atoms with van der Waals surface area (Å²) >= 11 is 0. The van der Waals surface area contributed by atoms with Crippen LogP contribution in [0.5, 0.6) is 0 Å². The number of nitrogens with zero attached hydrogens (tertiary/aromatic N) is 2. The second-order valence-electron chi connectivity index (χ2n) is 4.56. The molecule has 1 aromatic heterocycles. The fourth-order valence-electron chi connectivity index (χ4n) is 1.95. The van der Waals surface area contributed by atoms with Gasteiger partial charge >= 0.3 is 0 Å². The van der Waals surface area contributed by atoms with E-state index in [1.54, 1.807) is 16.7 Å². The summed E-state index contributed by atoms with van der Waals surface area (Å²) in [6.07, 6.45) is 1.39. The molecular weight excluding hydrogens is 291 g/mol. The van der Waals surface area contributed by atoms with Gasteiger partial charge in [0.1, 0.15) is 10.7 Å². The van der Waals surface area contributed by atoms with E-state index >= 15 is 0 Å². The molecule has 0 bridgehead atoms. The highest BCUT2D eigenvalue weighted by atomic mass is 35.7. The largest absolute Gasteiger partial charge is 0.345 e. The molecule has 7 heteroatoms. The Balaban J connectivity index is 2.64. The molecule has 0 fully saturated rings. The lowest BCUT2D eigenvalue weighted by atomic mass is 10.2. The topological polar surface area (TPSA) is 42.3 Å². The zero-order valence-electron chi connectivity index (χ0n) is 10.6. The van der Waals surface area contributed by atoms with Crippen molar-refractivity contribution in [3.8, 4) is 0 Å². The highest BCUT2D eigenvalue weighted by molar-refractivity contribution is 8.14. The third-order valence-electron chi connectivity index (χ3n) is 2.87. The summed E-state index contributed by atoms with van der Waals surface area (Å²) in [7, 11) is 5.21. The normalized spacial score (nSPS) is 12.5. The molecule has 1 aromatic carbocycles. The van der Waals surface area contributed by atoms with Crippen LogP contribution in [0.1, 0.15) is 0 Å². The van der Waals surface area contributed by atoms with Gasteiger partial charge in [0.25, 0.3) is 9.05 Å². The quantitative estimate of drug-likeness (QED) is 0.814. The van der Waals surface area contributed by atoms with Crippen molar-refractivity contribution in [2.75, 3.05) is 20.6 Å². The molecule has 0 amide bonds. The van der Waals surface area contributed by atoms with Crippen molar-refractivity contribution in [1.29, 1.82) is 0 Å². The minimum absolute atomic E-state index is 0.0521. The van der Waals surface area contributed by atoms with Crippen LogP contribution in [0.3, 0.4) is 0 Å². The minimum Gasteiger partial charge on any atom is -0.345 e. The highest BCUT2D eigenvalue weighted by Gasteiger charge is 2.21. The molecule has 0 aliphatic carbocycles. The van der Waals surface area contributed by atoms with E-state index < -0.39 is 14.9 Å². The van der Waals surface area contributed by atoms with Crippen molar-refractivity contribution < 1.29 is 12.8 Å². The predicted octanol–water partition coefficient (Wildman–Crippen LogP) is 2.27. The molecule has 0 N–H and O–H groups in total. The van der Waals surface area contributed by atoms with Crippen LogP contribution in [-0.2, 0) is 15.6 Å². The summed E-state index contributed by atoms with van der Waals surface area (Å²) in [6.45, 7) is 1.27. The molecule has 104 valence electrons. The van der Waals surface area contributed by atoms with Crippen LogP contribution in [0.15, 0.2) is 29.3 Å². The summed E-state index contributed by atoms with van der Waals surface area (Å²) in [6, 6.07) is 4.46. The van der Waals surface area contributed by atoms with Crippen molar-refractivity contribution >= 4 is 30.6 Å². The molecule has 4 nitrogen and oxygen atoms in total. The fraction of sp³-hybridized carbons (Fsp3) is 0.333. The Kier molecular flexibility index (Phi) is 3.85. The summed E-state index contributed by atoms with van der Waals surface area (Å²) in [5.74, 6) is -0.583. The zero-order valence-corrected chi connectivity index (χ0v) is 12.2. The Labute approximate surface area is 115 Å². The monoisotopic (exact) mass is 304 g/mol. The van der Waals surface area contributed by atoms with Gasteiger partial charge < -0.3 is 9.47 Å². The first-order valence-corrected chi connectivity index (χ1v) is 7.98. The maximum absolute atomic E-state index is 13.8. The van der Waals surface area contributed by atoms with E-state index in [0.29, 0.717) is 18.6 Å². The standard InChI is InChI=1S/C12H14ClFN2O2S/c1-15(2)6-7-16-8-11(19(13,17)18)12-9(14)4-3-5-10(12)16/h3-5,8H,6-7H2,1-2H3. The Bertz CT molecular complexity index is 710. The van der Waals surface area contributed by atoms with Gasteiger partial charge in [0.15, 0.2) is 0 Å². The third kappa shape index (κ3) is 2.91. The molecule has 0 atom stereocenters. The number of fused-ring (bicyclic) bond motifs is 1. The molecule has 2 rings (SSSR count). The first kappa shape index (κ1) is 14.3. The molecule has 19 heavy (non-hydrogen) atoms. The van der Waals surface area contributed by atoms with E-state index in [1.807, 2.05) is 19.0 Å². The van der Waals surface area contributed by atoms with Crippen molar-refractivity contribution in [2.24, 2.45) is 0 Å². The number of aromatic nitrogens is 1. The lowest BCUT2D eigenvalue weighted by Gasteiger charge is -2.10. The molecule has 0 saturated heterocycles. The van der Waals surface area contributed by atoms with E-state index in [0.717, 1.165) is 0 Å². The SMILES string of the molecule is CN(C)CCn1cc(S(=O)(=O)Cl)c2c(F)cccc21. The van der Waals surface area contributed by atoms with E-state index in [1.165, 1.54) is 12.3 Å². The first-order valence-electron chi connectivity index (χ1n) is 5.67. The Morgan fingerprint density at radius 3 is 2.63 bits per heavy atom. The minimum atomic E-state index is -3.97. The Morgan fingerprint density at radius 2 is 2.05 bits per heavy atom. The van der Waals surface area contributed by atoms with Crippen molar-refractivity contribution in [1.82, 2.24) is 9.47 Å². The van der Waals surface area contributed by atoms with Crippen LogP contribution in [-0.4, -0.2) is 38.5 Å². The Hall–Kier alpha value is -1.11. The summed E-state index contributed by atoms with van der Waals surface area (Å²) < 4.78 is 38.6. The number of benzene rings is 1. The number of hydrogen-bond acceptors (Lipinski definition) is 3. The molecule has 0 aliphatic heterocycles. The van der Waals surface area contributed by atoms with Gasteiger partial charge in [0.2, 0.25) is 0 Å². The summed E-state index contributed by atoms with van der Waals surface area (Å²) in [4.78, 5) is 1.78. The second kappa shape index (κ2) is 5.11. The average molecular weight is 305 g/mol. The molecule has 0 aliphatic rings. The van der Waals surface area contributed by atoms with E-state index in [9.17, 15) is 12.8 Å². The molecule has 0 saturated carbocycles. The second-order valence-corrected chi connectivity index (χ2v) is 7.10. The lowest BCUT2D eigenvalue weighted by Crippen LogP contribution is -2.17. The molecule has 2 aromatic rings. The van der Waals surface area contributed by atoms with Crippen molar-refractivity contribution in [3.05, 3.63) is 30.2 Å². The third-order valence-corrected chi connectivity index (χ3v) is 4.20. The summed E-state index contributed by atoms with van der Waals surface area (Å²) in [5.41, 5.74) is 0.529. The van der Waals surface area contributed by atoms with Gasteiger partial charge in [-0.25, -0.2) is 12.8 Å². The van der Waals surface area contributed by atoms with Crippen LogP contribution in [0.25, 0.3) is 10.9 Å². The van der Waals surface area contributed by atoms with E-state index in [4.69, 9.17) is 10.7 Å². The first-order chi connectivity index (χ1) is 8.80. The van der Waals surface area contributed by atoms with Crippen LogP contribution in [0, 0.1) is 5.82 Å². The zero-order chi connectivity index (χ0) is 14.2. The van der Waals surface area contributed by atoms with E-state index in [2.05, 4.69) is 0 Å². The molecular formula is C12H14ClFN2O2S. The van der Waals surface area contributed by atoms with Crippen LogP contribution < -0.4 is 0 Å². The molecule has 1 heterocycles. The van der Waals surface area contributed by atoms with Gasteiger partial charge in [-0.05, 0) is 26.2 Å². The van der Waals surface area contributed by atoms with Gasteiger partial charge in [-0.15, -0.1) is 0 Å². The number of likely N-dealkylation sites (N-methyl/N-ethyl adjacent to an activating group) is 1. The van der Waals surface area contributed by atoms with E-state index in [-0.39, 0.29) is 10.3 Å². The highest BCUT2D eigenvalue weighted by Crippen LogP contribution is 2.30. The molecule has 0 radical (unpaired) electrons. The summed E-state index contributed by atoms with van der Waals surface area (Å²) in [5, 5.41) is 0.0521. The van der Waals surface area contributed by atoms with Gasteiger partial charge in [0.05, 0.1) is 10.9 Å². The van der Waals surface area contributed by atoms with Crippen LogP contribution >= 0.6 is 10.7 Å². The maximum atomic E-state index is 13.8. The number of hydrogen-bond donors (Lipinski definition) is 0. The van der Waals surface area contributed by atoms with Crippen molar-refractivity contribution in [3.63, 3.8) is 0 Å². The molecule has 0 unspecified atom stereocenters. The van der Waals surface area contributed by atoms with Gasteiger partial charge in [-0.2, -0.15) is 0 Å². The number of halogens is 2. The maximum Gasteiger partial charge on any atom is 0.263 e. The van der Waals surface area contributed by atoms with Crippen LogP contribution in [0.4, 0.5) is 4.39 Å². The smallest absolute Gasteiger partial charge is 0.263 e. The Morgan fingerprint density at radius 1 is 1.37 bits per heavy atom. The van der Waals surface area contributed by atoms with Crippen molar-refractivity contribution in [2.45, 2.75) is 11.4 Å². The van der Waals surface area contributed by atoms with Gasteiger partial charge in [-0.1, -0.05) is 6.07 Å². The molecule has 0 spiro atoms. The number of rotatable bonds is 4.